The molecule has 0 bridgehead atoms. The molecule has 1 aliphatic heterocycles. The number of nitrogens with zero attached hydrogens (tertiary/aromatic N) is 1. The quantitative estimate of drug-likeness (QED) is 0.808. The summed E-state index contributed by atoms with van der Waals surface area (Å²) in [5.41, 5.74) is 0.562. The van der Waals surface area contributed by atoms with E-state index in [1.165, 1.54) is 0 Å². The fourth-order valence-corrected chi connectivity index (χ4v) is 2.71. The van der Waals surface area contributed by atoms with E-state index in [0.717, 1.165) is 9.37 Å². The van der Waals surface area contributed by atoms with E-state index < -0.39 is 0 Å². The van der Waals surface area contributed by atoms with Crippen LogP contribution in [0.3, 0.4) is 0 Å². The first-order valence-corrected chi connectivity index (χ1v) is 7.24. The van der Waals surface area contributed by atoms with E-state index in [2.05, 4.69) is 33.9 Å². The van der Waals surface area contributed by atoms with Crippen LogP contribution in [0.1, 0.15) is 23.2 Å². The lowest BCUT2D eigenvalue weighted by atomic mass is 10.1. The second-order valence-corrected chi connectivity index (χ2v) is 6.02. The number of likely N-dealkylation sites (N-methyl/N-ethyl adjacent to an activating group) is 1. The van der Waals surface area contributed by atoms with Crippen molar-refractivity contribution < 1.29 is 9.59 Å². The third-order valence-corrected chi connectivity index (χ3v) is 4.13. The minimum absolute atomic E-state index is 0.00525. The van der Waals surface area contributed by atoms with Gasteiger partial charge in [-0.1, -0.05) is 0 Å². The Morgan fingerprint density at radius 2 is 2.26 bits per heavy atom. The van der Waals surface area contributed by atoms with Crippen molar-refractivity contribution in [2.75, 3.05) is 13.6 Å². The van der Waals surface area contributed by atoms with Crippen LogP contribution in [0.15, 0.2) is 27.6 Å². The van der Waals surface area contributed by atoms with Crippen molar-refractivity contribution in [3.05, 3.63) is 28.2 Å². The third kappa shape index (κ3) is 3.51. The Balaban J connectivity index is 2.05. The van der Waals surface area contributed by atoms with Crippen LogP contribution in [0.4, 0.5) is 0 Å². The van der Waals surface area contributed by atoms with Crippen LogP contribution in [0.2, 0.25) is 0 Å². The standard InChI is InChI=1S/C13H15BrN2O2S/c1-16-7-8(2-5-12(16)17)15-13(18)10-6-9(19)3-4-11(10)14/h3-4,6,8,19H,2,5,7H2,1H3,(H,15,18). The average Bonchev–Trinajstić information content (AvgIpc) is 2.36. The Kier molecular flexibility index (Phi) is 4.52. The van der Waals surface area contributed by atoms with Gasteiger partial charge in [-0.15, -0.1) is 12.6 Å². The molecule has 1 N–H and O–H groups in total. The molecule has 0 radical (unpaired) electrons. The van der Waals surface area contributed by atoms with Gasteiger partial charge in [0.15, 0.2) is 0 Å². The predicted octanol–water partition coefficient (Wildman–Crippen LogP) is 2.09. The summed E-state index contributed by atoms with van der Waals surface area (Å²) in [4.78, 5) is 26.0. The summed E-state index contributed by atoms with van der Waals surface area (Å²) in [6, 6.07) is 5.34. The first-order valence-electron chi connectivity index (χ1n) is 6.00. The first-order chi connectivity index (χ1) is 8.97. The van der Waals surface area contributed by atoms with Gasteiger partial charge in [0.1, 0.15) is 0 Å². The van der Waals surface area contributed by atoms with E-state index >= 15 is 0 Å². The number of nitrogens with one attached hydrogen (secondary N) is 1. The molecule has 0 aromatic heterocycles. The lowest BCUT2D eigenvalue weighted by Crippen LogP contribution is -2.48. The predicted molar refractivity (Wildman–Crippen MR) is 79.5 cm³/mol. The van der Waals surface area contributed by atoms with Gasteiger partial charge in [0, 0.05) is 35.4 Å². The Morgan fingerprint density at radius 1 is 1.53 bits per heavy atom. The maximum Gasteiger partial charge on any atom is 0.252 e. The molecule has 2 amide bonds. The summed E-state index contributed by atoms with van der Waals surface area (Å²) in [5.74, 6) is -0.0143. The number of benzene rings is 1. The number of carbonyl (C=O) groups is 2. The zero-order chi connectivity index (χ0) is 14.0. The van der Waals surface area contributed by atoms with E-state index in [1.54, 1.807) is 24.1 Å². The zero-order valence-corrected chi connectivity index (χ0v) is 13.0. The lowest BCUT2D eigenvalue weighted by Gasteiger charge is -2.30. The number of likely N-dealkylation sites (tertiary alicyclic amines) is 1. The van der Waals surface area contributed by atoms with Gasteiger partial charge in [-0.25, -0.2) is 0 Å². The largest absolute Gasteiger partial charge is 0.347 e. The highest BCUT2D eigenvalue weighted by atomic mass is 79.9. The Bertz CT molecular complexity index is 521. The van der Waals surface area contributed by atoms with Crippen molar-refractivity contribution in [2.45, 2.75) is 23.8 Å². The van der Waals surface area contributed by atoms with Crippen LogP contribution in [-0.2, 0) is 4.79 Å². The molecule has 1 unspecified atom stereocenters. The molecule has 1 fully saturated rings. The molecule has 1 heterocycles. The zero-order valence-electron chi connectivity index (χ0n) is 10.5. The molecule has 102 valence electrons. The molecule has 4 nitrogen and oxygen atoms in total. The normalized spacial score (nSPS) is 19.4. The number of amides is 2. The van der Waals surface area contributed by atoms with Crippen LogP contribution < -0.4 is 5.32 Å². The molecule has 1 aromatic carbocycles. The highest BCUT2D eigenvalue weighted by molar-refractivity contribution is 9.10. The van der Waals surface area contributed by atoms with Crippen molar-refractivity contribution in [3.8, 4) is 0 Å². The number of rotatable bonds is 2. The van der Waals surface area contributed by atoms with Crippen molar-refractivity contribution in [1.82, 2.24) is 10.2 Å². The maximum atomic E-state index is 12.2. The summed E-state index contributed by atoms with van der Waals surface area (Å²) in [7, 11) is 1.75. The summed E-state index contributed by atoms with van der Waals surface area (Å²) in [5, 5.41) is 2.96. The fraction of sp³-hybridized carbons (Fsp3) is 0.385. The van der Waals surface area contributed by atoms with Crippen molar-refractivity contribution in [2.24, 2.45) is 0 Å². The number of thiol groups is 1. The number of carbonyl (C=O) groups excluding carboxylic acids is 2. The maximum absolute atomic E-state index is 12.2. The van der Waals surface area contributed by atoms with E-state index in [0.29, 0.717) is 24.9 Å². The van der Waals surface area contributed by atoms with Crippen LogP contribution in [0.5, 0.6) is 0 Å². The van der Waals surface area contributed by atoms with Crippen LogP contribution in [-0.4, -0.2) is 36.3 Å². The lowest BCUT2D eigenvalue weighted by molar-refractivity contribution is -0.132. The van der Waals surface area contributed by atoms with Gasteiger partial charge in [-0.2, -0.15) is 0 Å². The highest BCUT2D eigenvalue weighted by Gasteiger charge is 2.24. The molecule has 1 saturated heterocycles. The molecular formula is C13H15BrN2O2S. The highest BCUT2D eigenvalue weighted by Crippen LogP contribution is 2.21. The molecule has 19 heavy (non-hydrogen) atoms. The van der Waals surface area contributed by atoms with Crippen LogP contribution in [0.25, 0.3) is 0 Å². The van der Waals surface area contributed by atoms with Crippen LogP contribution in [0, 0.1) is 0 Å². The van der Waals surface area contributed by atoms with Crippen molar-refractivity contribution in [3.63, 3.8) is 0 Å². The van der Waals surface area contributed by atoms with Gasteiger partial charge >= 0.3 is 0 Å². The molecular weight excluding hydrogens is 328 g/mol. The first kappa shape index (κ1) is 14.4. The fourth-order valence-electron chi connectivity index (χ4n) is 2.08. The summed E-state index contributed by atoms with van der Waals surface area (Å²) < 4.78 is 0.739. The molecule has 1 atom stereocenters. The number of piperidine rings is 1. The minimum Gasteiger partial charge on any atom is -0.347 e. The van der Waals surface area contributed by atoms with Gasteiger partial charge in [-0.3, -0.25) is 9.59 Å². The van der Waals surface area contributed by atoms with Gasteiger partial charge in [0.25, 0.3) is 5.91 Å². The minimum atomic E-state index is -0.143. The van der Waals surface area contributed by atoms with Gasteiger partial charge in [0.05, 0.1) is 5.56 Å². The topological polar surface area (TPSA) is 49.4 Å². The summed E-state index contributed by atoms with van der Waals surface area (Å²) in [6.07, 6.45) is 1.17. The molecule has 6 heteroatoms. The molecule has 0 spiro atoms. The second kappa shape index (κ2) is 5.96. The Morgan fingerprint density at radius 3 is 2.95 bits per heavy atom. The van der Waals surface area contributed by atoms with Crippen molar-refractivity contribution >= 4 is 40.4 Å². The summed E-state index contributed by atoms with van der Waals surface area (Å²) in [6.45, 7) is 0.558. The van der Waals surface area contributed by atoms with Crippen molar-refractivity contribution in [1.29, 1.82) is 0 Å². The monoisotopic (exact) mass is 342 g/mol. The third-order valence-electron chi connectivity index (χ3n) is 3.16. The molecule has 0 aliphatic carbocycles. The number of halogens is 1. The smallest absolute Gasteiger partial charge is 0.252 e. The second-order valence-electron chi connectivity index (χ2n) is 4.65. The van der Waals surface area contributed by atoms with E-state index in [-0.39, 0.29) is 17.9 Å². The molecule has 0 saturated carbocycles. The molecule has 1 aromatic rings. The Hall–Kier alpha value is -1.01. The van der Waals surface area contributed by atoms with Crippen LogP contribution >= 0.6 is 28.6 Å². The average molecular weight is 343 g/mol. The molecule has 1 aliphatic rings. The van der Waals surface area contributed by atoms with Gasteiger partial charge in [-0.05, 0) is 40.5 Å². The number of hydrogen-bond acceptors (Lipinski definition) is 3. The van der Waals surface area contributed by atoms with E-state index in [9.17, 15) is 9.59 Å². The summed E-state index contributed by atoms with van der Waals surface area (Å²) >= 11 is 7.59. The SMILES string of the molecule is CN1CC(NC(=O)c2cc(S)ccc2Br)CCC1=O. The Labute approximate surface area is 126 Å². The van der Waals surface area contributed by atoms with E-state index in [4.69, 9.17) is 0 Å². The molecule has 2 rings (SSSR count). The van der Waals surface area contributed by atoms with E-state index in [1.807, 2.05) is 6.07 Å². The number of hydrogen-bond donors (Lipinski definition) is 2. The van der Waals surface area contributed by atoms with Gasteiger partial charge < -0.3 is 10.2 Å². The van der Waals surface area contributed by atoms with Gasteiger partial charge in [0.2, 0.25) is 5.91 Å².